The molecular formula is C25H38FN7O2. The smallest absolute Gasteiger partial charge is 0.233 e. The average molecular weight is 488 g/mol. The molecule has 0 amide bonds. The Hall–Kier alpha value is -2.72. The summed E-state index contributed by atoms with van der Waals surface area (Å²) in [7, 11) is 1.49. The van der Waals surface area contributed by atoms with E-state index in [9.17, 15) is 4.39 Å². The highest BCUT2D eigenvalue weighted by Crippen LogP contribution is 2.25. The number of ether oxygens (including phenoxy) is 2. The average Bonchev–Trinajstić information content (AvgIpc) is 3.27. The summed E-state index contributed by atoms with van der Waals surface area (Å²) in [5.41, 5.74) is 0.523. The number of methoxy groups -OCH3 is 1. The van der Waals surface area contributed by atoms with Gasteiger partial charge in [-0.3, -0.25) is 0 Å². The van der Waals surface area contributed by atoms with Crippen molar-refractivity contribution in [2.75, 3.05) is 36.4 Å². The van der Waals surface area contributed by atoms with Gasteiger partial charge in [-0.2, -0.15) is 15.0 Å². The van der Waals surface area contributed by atoms with Gasteiger partial charge >= 0.3 is 0 Å². The summed E-state index contributed by atoms with van der Waals surface area (Å²) >= 11 is 0. The van der Waals surface area contributed by atoms with Gasteiger partial charge in [0.15, 0.2) is 18.4 Å². The first-order valence-corrected chi connectivity index (χ1v) is 12.9. The van der Waals surface area contributed by atoms with Gasteiger partial charge in [0.25, 0.3) is 0 Å². The van der Waals surface area contributed by atoms with Gasteiger partial charge in [0, 0.05) is 37.0 Å². The fourth-order valence-electron chi connectivity index (χ4n) is 4.82. The lowest BCUT2D eigenvalue weighted by Gasteiger charge is -2.24. The zero-order chi connectivity index (χ0) is 24.5. The molecule has 4 N–H and O–H groups in total. The van der Waals surface area contributed by atoms with Gasteiger partial charge in [0.1, 0.15) is 0 Å². The number of benzene rings is 1. The Kier molecular flexibility index (Phi) is 9.30. The highest BCUT2D eigenvalue weighted by Gasteiger charge is 2.24. The van der Waals surface area contributed by atoms with E-state index < -0.39 is 5.82 Å². The molecule has 0 spiro atoms. The van der Waals surface area contributed by atoms with Crippen molar-refractivity contribution in [2.24, 2.45) is 0 Å². The van der Waals surface area contributed by atoms with Crippen LogP contribution in [0.4, 0.5) is 27.9 Å². The van der Waals surface area contributed by atoms with Crippen molar-refractivity contribution >= 4 is 23.5 Å². The van der Waals surface area contributed by atoms with Crippen LogP contribution in [0.25, 0.3) is 0 Å². The van der Waals surface area contributed by atoms with E-state index in [0.29, 0.717) is 35.6 Å². The fourth-order valence-corrected chi connectivity index (χ4v) is 4.82. The third-order valence-corrected chi connectivity index (χ3v) is 6.68. The largest absolute Gasteiger partial charge is 0.464 e. The van der Waals surface area contributed by atoms with Crippen LogP contribution in [-0.2, 0) is 4.74 Å². The predicted octanol–water partition coefficient (Wildman–Crippen LogP) is 4.81. The summed E-state index contributed by atoms with van der Waals surface area (Å²) in [6, 6.07) is 5.58. The molecule has 0 bridgehead atoms. The molecule has 192 valence electrons. The highest BCUT2D eigenvalue weighted by molar-refractivity contribution is 5.57. The van der Waals surface area contributed by atoms with E-state index >= 15 is 0 Å². The SMILES string of the molecule is CCC(Nc1nc(Nc2ccc(OCOC)c(F)c2)nc(NC2CCCCCC2)n1)C1CCCN1. The van der Waals surface area contributed by atoms with Crippen LogP contribution in [0.1, 0.15) is 64.7 Å². The molecule has 1 aliphatic heterocycles. The molecule has 2 fully saturated rings. The first kappa shape index (κ1) is 25.4. The molecule has 1 saturated heterocycles. The Balaban J connectivity index is 1.54. The molecule has 2 heterocycles. The number of aromatic nitrogens is 3. The first-order chi connectivity index (χ1) is 17.1. The van der Waals surface area contributed by atoms with E-state index in [-0.39, 0.29) is 18.6 Å². The number of anilines is 4. The highest BCUT2D eigenvalue weighted by atomic mass is 19.1. The van der Waals surface area contributed by atoms with Crippen LogP contribution in [0, 0.1) is 5.82 Å². The lowest BCUT2D eigenvalue weighted by Crippen LogP contribution is -2.40. The van der Waals surface area contributed by atoms with Crippen LogP contribution in [0.3, 0.4) is 0 Å². The minimum Gasteiger partial charge on any atom is -0.464 e. The van der Waals surface area contributed by atoms with E-state index in [1.54, 1.807) is 12.1 Å². The maximum atomic E-state index is 14.5. The molecule has 2 atom stereocenters. The molecule has 1 saturated carbocycles. The van der Waals surface area contributed by atoms with E-state index in [2.05, 4.69) is 38.2 Å². The second kappa shape index (κ2) is 12.8. The standard InChI is InChI=1S/C25H38FN7O2/c1-3-20(21-11-8-14-27-21)30-25-32-23(28-17-9-6-4-5-7-10-17)31-24(33-25)29-18-12-13-22(19(26)15-18)35-16-34-2/h12-13,15,17,20-21,27H,3-11,14,16H2,1-2H3,(H3,28,29,30,31,32,33). The molecule has 1 aromatic carbocycles. The van der Waals surface area contributed by atoms with Gasteiger partial charge < -0.3 is 30.7 Å². The summed E-state index contributed by atoms with van der Waals surface area (Å²) < 4.78 is 24.6. The quantitative estimate of drug-likeness (QED) is 0.262. The van der Waals surface area contributed by atoms with Crippen molar-refractivity contribution in [3.63, 3.8) is 0 Å². The molecule has 2 aliphatic rings. The van der Waals surface area contributed by atoms with E-state index in [4.69, 9.17) is 14.5 Å². The third-order valence-electron chi connectivity index (χ3n) is 6.68. The third kappa shape index (κ3) is 7.38. The Morgan fingerprint density at radius 1 is 1.03 bits per heavy atom. The van der Waals surface area contributed by atoms with Crippen LogP contribution < -0.4 is 26.0 Å². The molecule has 1 aliphatic carbocycles. The summed E-state index contributed by atoms with van der Waals surface area (Å²) in [4.78, 5) is 13.9. The molecule has 10 heteroatoms. The minimum absolute atomic E-state index is 0.0170. The molecule has 9 nitrogen and oxygen atoms in total. The zero-order valence-electron chi connectivity index (χ0n) is 20.8. The normalized spacial score (nSPS) is 19.7. The van der Waals surface area contributed by atoms with Crippen LogP contribution in [0.5, 0.6) is 5.75 Å². The first-order valence-electron chi connectivity index (χ1n) is 12.9. The molecule has 0 radical (unpaired) electrons. The van der Waals surface area contributed by atoms with Crippen molar-refractivity contribution in [2.45, 2.75) is 82.8 Å². The van der Waals surface area contributed by atoms with E-state index in [1.807, 2.05) is 0 Å². The number of rotatable bonds is 11. The lowest BCUT2D eigenvalue weighted by atomic mass is 10.0. The molecule has 35 heavy (non-hydrogen) atoms. The molecule has 1 aromatic heterocycles. The molecule has 2 unspecified atom stereocenters. The van der Waals surface area contributed by atoms with Crippen LogP contribution in [0.15, 0.2) is 18.2 Å². The number of hydrogen-bond acceptors (Lipinski definition) is 9. The Bertz CT molecular complexity index is 934. The number of hydrogen-bond donors (Lipinski definition) is 4. The van der Waals surface area contributed by atoms with Crippen LogP contribution >= 0.6 is 0 Å². The summed E-state index contributed by atoms with van der Waals surface area (Å²) in [5, 5.41) is 13.7. The topological polar surface area (TPSA) is 105 Å². The number of nitrogens with one attached hydrogen (secondary N) is 4. The van der Waals surface area contributed by atoms with Gasteiger partial charge in [0.2, 0.25) is 17.8 Å². The van der Waals surface area contributed by atoms with Crippen molar-refractivity contribution in [3.8, 4) is 5.75 Å². The molecule has 2 aromatic rings. The van der Waals surface area contributed by atoms with E-state index in [1.165, 1.54) is 45.3 Å². The van der Waals surface area contributed by atoms with Gasteiger partial charge in [0.05, 0.1) is 0 Å². The monoisotopic (exact) mass is 487 g/mol. The molecule has 4 rings (SSSR count). The maximum Gasteiger partial charge on any atom is 0.233 e. The second-order valence-corrected chi connectivity index (χ2v) is 9.32. The van der Waals surface area contributed by atoms with Crippen molar-refractivity contribution in [1.82, 2.24) is 20.3 Å². The maximum absolute atomic E-state index is 14.5. The summed E-state index contributed by atoms with van der Waals surface area (Å²) in [5.74, 6) is 1.04. The Morgan fingerprint density at radius 3 is 2.49 bits per heavy atom. The van der Waals surface area contributed by atoms with Gasteiger partial charge in [-0.25, -0.2) is 4.39 Å². The predicted molar refractivity (Wildman–Crippen MR) is 136 cm³/mol. The lowest BCUT2D eigenvalue weighted by molar-refractivity contribution is 0.0483. The second-order valence-electron chi connectivity index (χ2n) is 9.32. The fraction of sp³-hybridized carbons (Fsp3) is 0.640. The van der Waals surface area contributed by atoms with Crippen LogP contribution in [-0.4, -0.2) is 53.5 Å². The van der Waals surface area contributed by atoms with Crippen molar-refractivity contribution in [3.05, 3.63) is 24.0 Å². The van der Waals surface area contributed by atoms with Gasteiger partial charge in [-0.1, -0.05) is 32.6 Å². The Morgan fingerprint density at radius 2 is 1.80 bits per heavy atom. The Labute approximate surface area is 207 Å². The zero-order valence-corrected chi connectivity index (χ0v) is 20.8. The number of nitrogens with zero attached hydrogens (tertiary/aromatic N) is 3. The number of halogens is 1. The summed E-state index contributed by atoms with van der Waals surface area (Å²) in [6.45, 7) is 3.19. The van der Waals surface area contributed by atoms with Crippen LogP contribution in [0.2, 0.25) is 0 Å². The van der Waals surface area contributed by atoms with Gasteiger partial charge in [-0.15, -0.1) is 0 Å². The van der Waals surface area contributed by atoms with E-state index in [0.717, 1.165) is 32.2 Å². The minimum atomic E-state index is -0.491. The van der Waals surface area contributed by atoms with Gasteiger partial charge in [-0.05, 0) is 50.8 Å². The van der Waals surface area contributed by atoms with Crippen molar-refractivity contribution in [1.29, 1.82) is 0 Å². The molecular weight excluding hydrogens is 449 g/mol. The van der Waals surface area contributed by atoms with Crippen molar-refractivity contribution < 1.29 is 13.9 Å². The summed E-state index contributed by atoms with van der Waals surface area (Å²) in [6.07, 6.45) is 10.4.